The minimum atomic E-state index is -1.17. The van der Waals surface area contributed by atoms with Crippen LogP contribution in [0.3, 0.4) is 0 Å². The number of fused-ring (bicyclic) bond motifs is 1. The van der Waals surface area contributed by atoms with E-state index in [1.807, 2.05) is 4.57 Å². The molecule has 0 aliphatic heterocycles. The Morgan fingerprint density at radius 2 is 2.24 bits per heavy atom. The first kappa shape index (κ1) is 11.6. The van der Waals surface area contributed by atoms with Crippen molar-refractivity contribution in [2.75, 3.05) is 20.6 Å². The maximum atomic E-state index is 10.7. The van der Waals surface area contributed by atoms with E-state index in [9.17, 15) is 9.90 Å². The van der Waals surface area contributed by atoms with Gasteiger partial charge in [0, 0.05) is 0 Å². The van der Waals surface area contributed by atoms with Gasteiger partial charge in [-0.05, 0) is 17.7 Å². The van der Waals surface area contributed by atoms with Crippen LogP contribution in [0.1, 0.15) is 10.4 Å². The number of imidazole rings is 1. The Balaban J connectivity index is 2.31. The third-order valence-electron chi connectivity index (χ3n) is 2.71. The fraction of sp³-hybridized carbons (Fsp3) is 0.333. The molecule has 0 fully saturated rings. The third kappa shape index (κ3) is 2.45. The van der Waals surface area contributed by atoms with Crippen molar-refractivity contribution >= 4 is 17.0 Å². The smallest absolute Gasteiger partial charge is 0.0960 e. The number of nitrogens with one attached hydrogen (secondary N) is 1. The Kier molecular flexibility index (Phi) is 3.10. The lowest BCUT2D eigenvalue weighted by Gasteiger charge is -2.08. The monoisotopic (exact) mass is 233 g/mol. The lowest BCUT2D eigenvalue weighted by atomic mass is 10.2. The average molecular weight is 233 g/mol. The first-order valence-electron chi connectivity index (χ1n) is 5.53. The van der Waals surface area contributed by atoms with E-state index in [0.29, 0.717) is 5.52 Å². The van der Waals surface area contributed by atoms with Gasteiger partial charge in [0.2, 0.25) is 0 Å². The number of hydrogen-bond acceptors (Lipinski definition) is 3. The molecular weight excluding hydrogens is 218 g/mol. The van der Waals surface area contributed by atoms with Crippen LogP contribution in [0, 0.1) is 0 Å². The highest BCUT2D eigenvalue weighted by Gasteiger charge is 2.05. The van der Waals surface area contributed by atoms with E-state index in [1.165, 1.54) is 4.90 Å². The zero-order valence-electron chi connectivity index (χ0n) is 9.93. The van der Waals surface area contributed by atoms with Gasteiger partial charge in [-0.1, -0.05) is 6.07 Å². The minimum absolute atomic E-state index is 0.168. The molecule has 0 saturated carbocycles. The highest BCUT2D eigenvalue weighted by Crippen LogP contribution is 2.14. The summed E-state index contributed by atoms with van der Waals surface area (Å²) in [7, 11) is 4.18. The van der Waals surface area contributed by atoms with Gasteiger partial charge >= 0.3 is 0 Å². The average Bonchev–Trinajstić information content (AvgIpc) is 2.68. The van der Waals surface area contributed by atoms with E-state index < -0.39 is 5.97 Å². The second kappa shape index (κ2) is 4.55. The van der Waals surface area contributed by atoms with Crippen LogP contribution >= 0.6 is 0 Å². The van der Waals surface area contributed by atoms with Crippen molar-refractivity contribution in [1.29, 1.82) is 0 Å². The van der Waals surface area contributed by atoms with E-state index in [2.05, 4.69) is 19.1 Å². The number of benzene rings is 1. The quantitative estimate of drug-likeness (QED) is 0.702. The van der Waals surface area contributed by atoms with Crippen LogP contribution in [0.15, 0.2) is 24.5 Å². The molecule has 1 aromatic carbocycles. The first-order chi connectivity index (χ1) is 8.08. The number of rotatable bonds is 4. The van der Waals surface area contributed by atoms with Crippen molar-refractivity contribution in [3.05, 3.63) is 30.1 Å². The summed E-state index contributed by atoms with van der Waals surface area (Å²) in [5.74, 6) is -1.17. The van der Waals surface area contributed by atoms with Crippen LogP contribution in [-0.2, 0) is 6.54 Å². The van der Waals surface area contributed by atoms with E-state index in [-0.39, 0.29) is 5.56 Å². The molecule has 0 saturated heterocycles. The van der Waals surface area contributed by atoms with Crippen LogP contribution in [0.2, 0.25) is 0 Å². The highest BCUT2D eigenvalue weighted by atomic mass is 16.4. The number of likely N-dealkylation sites (N-methyl/N-ethyl adjacent to an activating group) is 1. The molecule has 1 aromatic heterocycles. The Morgan fingerprint density at radius 3 is 2.88 bits per heavy atom. The van der Waals surface area contributed by atoms with Gasteiger partial charge in [0.25, 0.3) is 0 Å². The van der Waals surface area contributed by atoms with Gasteiger partial charge in [-0.3, -0.25) is 0 Å². The topological polar surface area (TPSA) is 62.4 Å². The van der Waals surface area contributed by atoms with Crippen molar-refractivity contribution < 1.29 is 14.8 Å². The van der Waals surface area contributed by atoms with Crippen LogP contribution < -0.4 is 10.0 Å². The van der Waals surface area contributed by atoms with E-state index >= 15 is 0 Å². The summed E-state index contributed by atoms with van der Waals surface area (Å²) in [5.41, 5.74) is 1.82. The number of carboxylic acid groups (broad SMARTS) is 1. The molecule has 0 unspecified atom stereocenters. The van der Waals surface area contributed by atoms with Crippen LogP contribution in [0.4, 0.5) is 0 Å². The fourth-order valence-corrected chi connectivity index (χ4v) is 1.71. The number of carbonyl (C=O) groups is 1. The van der Waals surface area contributed by atoms with Gasteiger partial charge in [0.1, 0.15) is 0 Å². The molecular formula is C12H15N3O2. The molecule has 0 bridgehead atoms. The second-order valence-electron chi connectivity index (χ2n) is 4.39. The summed E-state index contributed by atoms with van der Waals surface area (Å²) in [6, 6.07) is 4.88. The van der Waals surface area contributed by atoms with Gasteiger partial charge in [-0.25, -0.2) is 4.98 Å². The number of hydrogen-bond donors (Lipinski definition) is 1. The standard InChI is InChI=1S/C12H15N3O2/c1-14(2)5-6-15-8-13-10-7-9(12(16)17)3-4-11(10)15/h3-4,7-8H,5-6H2,1-2H3,(H,16,17). The minimum Gasteiger partial charge on any atom is -0.545 e. The molecule has 0 amide bonds. The van der Waals surface area contributed by atoms with Gasteiger partial charge in [-0.15, -0.1) is 0 Å². The zero-order chi connectivity index (χ0) is 12.4. The number of quaternary nitrogens is 1. The molecule has 0 radical (unpaired) electrons. The van der Waals surface area contributed by atoms with Gasteiger partial charge in [-0.2, -0.15) is 0 Å². The molecule has 0 aliphatic rings. The molecule has 2 rings (SSSR count). The molecule has 17 heavy (non-hydrogen) atoms. The number of aromatic carboxylic acids is 1. The number of aromatic nitrogens is 2. The Morgan fingerprint density at radius 1 is 1.47 bits per heavy atom. The lowest BCUT2D eigenvalue weighted by molar-refractivity contribution is -0.858. The maximum Gasteiger partial charge on any atom is 0.0960 e. The maximum absolute atomic E-state index is 10.7. The van der Waals surface area contributed by atoms with Crippen molar-refractivity contribution in [2.24, 2.45) is 0 Å². The first-order valence-corrected chi connectivity index (χ1v) is 5.53. The highest BCUT2D eigenvalue weighted by molar-refractivity contribution is 5.91. The molecule has 90 valence electrons. The Labute approximate surface area is 99.3 Å². The summed E-state index contributed by atoms with van der Waals surface area (Å²) < 4.78 is 2.03. The van der Waals surface area contributed by atoms with Crippen molar-refractivity contribution in [3.63, 3.8) is 0 Å². The predicted octanol–water partition coefficient (Wildman–Crippen LogP) is -1.46. The summed E-state index contributed by atoms with van der Waals surface area (Å²) in [4.78, 5) is 16.3. The molecule has 5 heteroatoms. The van der Waals surface area contributed by atoms with Gasteiger partial charge in [0.05, 0.1) is 50.5 Å². The molecule has 1 N–H and O–H groups in total. The molecule has 0 aliphatic carbocycles. The van der Waals surface area contributed by atoms with E-state index in [4.69, 9.17) is 0 Å². The van der Waals surface area contributed by atoms with Crippen molar-refractivity contribution in [3.8, 4) is 0 Å². The van der Waals surface area contributed by atoms with Gasteiger partial charge < -0.3 is 19.4 Å². The molecule has 0 spiro atoms. The largest absolute Gasteiger partial charge is 0.545 e. The number of carboxylic acids is 1. The van der Waals surface area contributed by atoms with E-state index in [1.54, 1.807) is 24.5 Å². The van der Waals surface area contributed by atoms with Crippen LogP contribution in [0.25, 0.3) is 11.0 Å². The summed E-state index contributed by atoms with van der Waals surface area (Å²) in [6.45, 7) is 1.86. The zero-order valence-corrected chi connectivity index (χ0v) is 9.93. The van der Waals surface area contributed by atoms with Gasteiger partial charge in [0.15, 0.2) is 0 Å². The number of carbonyl (C=O) groups excluding carboxylic acids is 1. The predicted molar refractivity (Wildman–Crippen MR) is 61.7 cm³/mol. The Bertz CT molecular complexity index is 546. The molecule has 1 heterocycles. The van der Waals surface area contributed by atoms with Crippen molar-refractivity contribution in [1.82, 2.24) is 9.55 Å². The normalized spacial score (nSPS) is 11.2. The summed E-state index contributed by atoms with van der Waals surface area (Å²) in [5, 5.41) is 10.7. The second-order valence-corrected chi connectivity index (χ2v) is 4.39. The number of nitrogens with zero attached hydrogens (tertiary/aromatic N) is 2. The molecule has 0 atom stereocenters. The Hall–Kier alpha value is -1.88. The summed E-state index contributed by atoms with van der Waals surface area (Å²) in [6.07, 6.45) is 1.74. The van der Waals surface area contributed by atoms with Crippen molar-refractivity contribution in [2.45, 2.75) is 6.54 Å². The van der Waals surface area contributed by atoms with E-state index in [0.717, 1.165) is 18.6 Å². The lowest BCUT2D eigenvalue weighted by Crippen LogP contribution is -3.06. The van der Waals surface area contributed by atoms with Crippen LogP contribution in [-0.4, -0.2) is 36.2 Å². The summed E-state index contributed by atoms with van der Waals surface area (Å²) >= 11 is 0. The molecule has 2 aromatic rings. The fourth-order valence-electron chi connectivity index (χ4n) is 1.71. The SMILES string of the molecule is C[NH+](C)CCn1cnc2cc(C(=O)[O-])ccc21. The molecule has 5 nitrogen and oxygen atoms in total. The third-order valence-corrected chi connectivity index (χ3v) is 2.71. The van der Waals surface area contributed by atoms with Crippen LogP contribution in [0.5, 0.6) is 0 Å².